The molecule has 1 amide bonds. The summed E-state index contributed by atoms with van der Waals surface area (Å²) < 4.78 is 4.50. The molecule has 9 nitrogen and oxygen atoms in total. The highest BCUT2D eigenvalue weighted by Crippen LogP contribution is 2.23. The number of non-ortho nitro benzene ring substituents is 1. The van der Waals surface area contributed by atoms with Crippen molar-refractivity contribution in [3.63, 3.8) is 0 Å². The second-order valence-corrected chi connectivity index (χ2v) is 3.26. The van der Waals surface area contributed by atoms with Crippen LogP contribution in [-0.4, -0.2) is 24.2 Å². The van der Waals surface area contributed by atoms with Crippen molar-refractivity contribution in [2.75, 3.05) is 23.9 Å². The number of hydrogen-bond donors (Lipinski definition) is 4. The fourth-order valence-electron chi connectivity index (χ4n) is 1.25. The largest absolute Gasteiger partial charge is 0.448 e. The molecule has 6 N–H and O–H groups in total. The molecule has 1 aromatic carbocycles. The topological polar surface area (TPSA) is 146 Å². The molecule has 0 unspecified atom stereocenters. The van der Waals surface area contributed by atoms with Gasteiger partial charge in [-0.1, -0.05) is 0 Å². The van der Waals surface area contributed by atoms with Crippen LogP contribution in [0.15, 0.2) is 18.2 Å². The third-order valence-corrected chi connectivity index (χ3v) is 1.97. The smallest absolute Gasteiger partial charge is 0.404 e. The summed E-state index contributed by atoms with van der Waals surface area (Å²) in [5.41, 5.74) is 7.86. The third-order valence-electron chi connectivity index (χ3n) is 1.97. The molecule has 1 rings (SSSR count). The van der Waals surface area contributed by atoms with Crippen molar-refractivity contribution in [1.82, 2.24) is 0 Å². The number of carbonyl (C=O) groups excluding carboxylic acids is 1. The normalized spacial score (nSPS) is 9.61. The van der Waals surface area contributed by atoms with Crippen LogP contribution in [0.25, 0.3) is 0 Å². The van der Waals surface area contributed by atoms with Gasteiger partial charge in [-0.15, -0.1) is 0 Å². The van der Waals surface area contributed by atoms with E-state index in [1.165, 1.54) is 12.1 Å². The van der Waals surface area contributed by atoms with Gasteiger partial charge in [-0.25, -0.2) is 4.79 Å². The predicted octanol–water partition coefficient (Wildman–Crippen LogP) is 0.388. The van der Waals surface area contributed by atoms with Crippen LogP contribution in [0.4, 0.5) is 21.9 Å². The van der Waals surface area contributed by atoms with E-state index in [4.69, 9.17) is 11.6 Å². The van der Waals surface area contributed by atoms with Crippen molar-refractivity contribution in [1.29, 1.82) is 0 Å². The Bertz CT molecular complexity index is 451. The summed E-state index contributed by atoms with van der Waals surface area (Å²) in [4.78, 5) is 20.4. The lowest BCUT2D eigenvalue weighted by Crippen LogP contribution is -2.18. The molecule has 1 aromatic rings. The first-order chi connectivity index (χ1) is 8.52. The predicted molar refractivity (Wildman–Crippen MR) is 64.9 cm³/mol. The van der Waals surface area contributed by atoms with Crippen molar-refractivity contribution in [2.24, 2.45) is 11.6 Å². The maximum absolute atomic E-state index is 10.7. The van der Waals surface area contributed by atoms with Gasteiger partial charge in [0.2, 0.25) is 0 Å². The first kappa shape index (κ1) is 13.5. The van der Waals surface area contributed by atoms with Crippen LogP contribution in [0.2, 0.25) is 0 Å². The number of ether oxygens (including phenoxy) is 1. The molecule has 0 aromatic heterocycles. The Hall–Kier alpha value is -2.55. The van der Waals surface area contributed by atoms with Crippen molar-refractivity contribution in [2.45, 2.75) is 0 Å². The van der Waals surface area contributed by atoms with Gasteiger partial charge in [-0.2, -0.15) is 0 Å². The van der Waals surface area contributed by atoms with Crippen LogP contribution >= 0.6 is 0 Å². The summed E-state index contributed by atoms with van der Waals surface area (Å²) in [5, 5.41) is 13.5. The number of nitrogens with zero attached hydrogens (tertiary/aromatic N) is 1. The molecule has 9 heteroatoms. The molecule has 0 bridgehead atoms. The van der Waals surface area contributed by atoms with Crippen molar-refractivity contribution < 1.29 is 14.5 Å². The number of primary amides is 1. The molecule has 0 atom stereocenters. The van der Waals surface area contributed by atoms with Crippen LogP contribution in [0, 0.1) is 10.1 Å². The van der Waals surface area contributed by atoms with Gasteiger partial charge in [-0.3, -0.25) is 16.0 Å². The molecular weight excluding hydrogens is 242 g/mol. The maximum atomic E-state index is 10.7. The maximum Gasteiger partial charge on any atom is 0.404 e. The average molecular weight is 255 g/mol. The summed E-state index contributed by atoms with van der Waals surface area (Å²) in [6.07, 6.45) is -0.875. The number of nitro groups is 1. The Morgan fingerprint density at radius 1 is 1.39 bits per heavy atom. The first-order valence-electron chi connectivity index (χ1n) is 4.95. The summed E-state index contributed by atoms with van der Waals surface area (Å²) >= 11 is 0. The van der Waals surface area contributed by atoms with E-state index in [0.29, 0.717) is 11.4 Å². The molecule has 18 heavy (non-hydrogen) atoms. The van der Waals surface area contributed by atoms with Crippen molar-refractivity contribution in [3.05, 3.63) is 28.3 Å². The van der Waals surface area contributed by atoms with Crippen LogP contribution in [0.5, 0.6) is 0 Å². The molecule has 0 radical (unpaired) electrons. The molecule has 0 heterocycles. The summed E-state index contributed by atoms with van der Waals surface area (Å²) in [6.45, 7) is 0.331. The lowest BCUT2D eigenvalue weighted by atomic mass is 10.2. The monoisotopic (exact) mass is 255 g/mol. The summed E-state index contributed by atoms with van der Waals surface area (Å²) in [6, 6.07) is 4.22. The number of nitrogens with one attached hydrogen (secondary N) is 2. The molecule has 0 aliphatic rings. The Labute approximate surface area is 102 Å². The quantitative estimate of drug-likeness (QED) is 0.249. The fraction of sp³-hybridized carbons (Fsp3) is 0.222. The Morgan fingerprint density at radius 2 is 2.06 bits per heavy atom. The van der Waals surface area contributed by atoms with E-state index in [9.17, 15) is 14.9 Å². The zero-order chi connectivity index (χ0) is 13.5. The number of carbonyl (C=O) groups is 1. The second-order valence-electron chi connectivity index (χ2n) is 3.26. The number of benzene rings is 1. The number of nitrogen functional groups attached to an aromatic ring is 1. The van der Waals surface area contributed by atoms with E-state index < -0.39 is 11.0 Å². The number of hydrazine groups is 1. The van der Waals surface area contributed by atoms with E-state index >= 15 is 0 Å². The van der Waals surface area contributed by atoms with E-state index in [1.54, 1.807) is 6.07 Å². The zero-order valence-electron chi connectivity index (χ0n) is 9.38. The Kier molecular flexibility index (Phi) is 4.69. The fourth-order valence-corrected chi connectivity index (χ4v) is 1.25. The number of anilines is 2. The molecule has 0 aliphatic heterocycles. The lowest BCUT2D eigenvalue weighted by Gasteiger charge is -2.08. The molecular formula is C9H13N5O4. The van der Waals surface area contributed by atoms with Gasteiger partial charge in [0.25, 0.3) is 5.69 Å². The minimum absolute atomic E-state index is 0.0589. The summed E-state index contributed by atoms with van der Waals surface area (Å²) in [5.74, 6) is 5.20. The zero-order valence-corrected chi connectivity index (χ0v) is 9.38. The van der Waals surface area contributed by atoms with Crippen molar-refractivity contribution in [3.8, 4) is 0 Å². The average Bonchev–Trinajstić information content (AvgIpc) is 2.34. The minimum Gasteiger partial charge on any atom is -0.448 e. The molecule has 0 aliphatic carbocycles. The number of hydrogen-bond acceptors (Lipinski definition) is 7. The number of nitro benzene ring substituents is 1. The van der Waals surface area contributed by atoms with Crippen LogP contribution < -0.4 is 22.3 Å². The van der Waals surface area contributed by atoms with Gasteiger partial charge in [0.1, 0.15) is 6.61 Å². The lowest BCUT2D eigenvalue weighted by molar-refractivity contribution is -0.384. The van der Waals surface area contributed by atoms with Crippen molar-refractivity contribution >= 4 is 23.2 Å². The SMILES string of the molecule is NNc1cc(NCCOC(N)=O)cc([N+](=O)[O-])c1. The van der Waals surface area contributed by atoms with Crippen LogP contribution in [0.1, 0.15) is 0 Å². The van der Waals surface area contributed by atoms with E-state index in [2.05, 4.69) is 15.5 Å². The standard InChI is InChI=1S/C9H13N5O4/c10-9(15)18-2-1-12-6-3-7(13-11)5-8(4-6)14(16)17/h3-5,12-13H,1-2,11H2,(H2,10,15). The van der Waals surface area contributed by atoms with E-state index in [0.717, 1.165) is 0 Å². The molecule has 0 fully saturated rings. The highest BCUT2D eigenvalue weighted by atomic mass is 16.6. The van der Waals surface area contributed by atoms with Gasteiger partial charge in [0, 0.05) is 24.4 Å². The van der Waals surface area contributed by atoms with E-state index in [1.807, 2.05) is 0 Å². The first-order valence-corrected chi connectivity index (χ1v) is 4.95. The number of nitrogens with two attached hydrogens (primary N) is 2. The van der Waals surface area contributed by atoms with Gasteiger partial charge >= 0.3 is 6.09 Å². The van der Waals surface area contributed by atoms with Crippen LogP contribution in [-0.2, 0) is 4.74 Å². The van der Waals surface area contributed by atoms with Gasteiger partial charge < -0.3 is 21.2 Å². The number of rotatable bonds is 6. The van der Waals surface area contributed by atoms with Gasteiger partial charge in [0.05, 0.1) is 10.6 Å². The molecule has 0 saturated heterocycles. The Morgan fingerprint density at radius 3 is 2.61 bits per heavy atom. The summed E-state index contributed by atoms with van der Waals surface area (Å²) in [7, 11) is 0. The van der Waals surface area contributed by atoms with Gasteiger partial charge in [0.15, 0.2) is 0 Å². The van der Waals surface area contributed by atoms with Gasteiger partial charge in [-0.05, 0) is 6.07 Å². The second kappa shape index (κ2) is 6.25. The highest BCUT2D eigenvalue weighted by molar-refractivity contribution is 5.65. The number of amides is 1. The molecule has 0 saturated carbocycles. The molecule has 98 valence electrons. The third kappa shape index (κ3) is 4.14. The highest BCUT2D eigenvalue weighted by Gasteiger charge is 2.09. The van der Waals surface area contributed by atoms with E-state index in [-0.39, 0.29) is 18.8 Å². The minimum atomic E-state index is -0.875. The van der Waals surface area contributed by atoms with Crippen LogP contribution in [0.3, 0.4) is 0 Å². The Balaban J connectivity index is 2.66. The molecule has 0 spiro atoms.